The summed E-state index contributed by atoms with van der Waals surface area (Å²) in [6.07, 6.45) is -3.77. The van der Waals surface area contributed by atoms with Crippen molar-refractivity contribution in [3.63, 3.8) is 0 Å². The first-order chi connectivity index (χ1) is 9.30. The predicted molar refractivity (Wildman–Crippen MR) is 72.9 cm³/mol. The van der Waals surface area contributed by atoms with Crippen molar-refractivity contribution < 1.29 is 27.3 Å². The Morgan fingerprint density at radius 3 is 1.90 bits per heavy atom. The van der Waals surface area contributed by atoms with Crippen molar-refractivity contribution in [1.29, 1.82) is 0 Å². The van der Waals surface area contributed by atoms with E-state index in [-0.39, 0.29) is 11.7 Å². The summed E-state index contributed by atoms with van der Waals surface area (Å²) >= 11 is 0. The molecular formula is C14H22BF3O3. The predicted octanol–water partition coefficient (Wildman–Crippen LogP) is 3.77. The number of rotatable bonds is 4. The fraction of sp³-hybridized carbons (Fsp3) is 0.929. The summed E-state index contributed by atoms with van der Waals surface area (Å²) in [6.45, 7) is 7.83. The molecule has 0 amide bonds. The molecule has 2 rings (SSSR count). The maximum absolute atomic E-state index is 13.6. The first-order valence-electron chi connectivity index (χ1n) is 7.25. The molecule has 0 radical (unpaired) electrons. The SMILES string of the molecule is CC1(C)OB([C@@](C)(CC(=O)C2CC2)C(F)(F)F)OC1(C)C. The molecular weight excluding hydrogens is 284 g/mol. The van der Waals surface area contributed by atoms with Crippen LogP contribution >= 0.6 is 0 Å². The van der Waals surface area contributed by atoms with Gasteiger partial charge in [0.25, 0.3) is 0 Å². The van der Waals surface area contributed by atoms with Crippen molar-refractivity contribution in [3.05, 3.63) is 0 Å². The van der Waals surface area contributed by atoms with Gasteiger partial charge in [-0.05, 0) is 40.5 Å². The Labute approximate surface area is 123 Å². The molecule has 120 valence electrons. The normalized spacial score (nSPS) is 27.5. The van der Waals surface area contributed by atoms with Gasteiger partial charge in [-0.2, -0.15) is 13.2 Å². The van der Waals surface area contributed by atoms with Gasteiger partial charge >= 0.3 is 13.3 Å². The summed E-state index contributed by atoms with van der Waals surface area (Å²) in [6, 6.07) is 0. The number of halogens is 3. The van der Waals surface area contributed by atoms with Crippen LogP contribution in [0.2, 0.25) is 5.31 Å². The van der Waals surface area contributed by atoms with E-state index in [0.717, 1.165) is 6.92 Å². The van der Waals surface area contributed by atoms with Crippen LogP contribution in [-0.4, -0.2) is 30.3 Å². The average molecular weight is 306 g/mol. The first-order valence-corrected chi connectivity index (χ1v) is 7.25. The molecule has 1 saturated carbocycles. The second-order valence-corrected chi connectivity index (χ2v) is 7.42. The van der Waals surface area contributed by atoms with Gasteiger partial charge in [0, 0.05) is 12.3 Å². The van der Waals surface area contributed by atoms with Crippen molar-refractivity contribution in [1.82, 2.24) is 0 Å². The molecule has 1 atom stereocenters. The van der Waals surface area contributed by atoms with Crippen molar-refractivity contribution in [2.45, 2.75) is 76.6 Å². The third kappa shape index (κ3) is 2.87. The van der Waals surface area contributed by atoms with Gasteiger partial charge < -0.3 is 9.31 Å². The zero-order valence-corrected chi connectivity index (χ0v) is 13.1. The molecule has 1 aliphatic carbocycles. The van der Waals surface area contributed by atoms with Crippen LogP contribution in [0.4, 0.5) is 13.2 Å². The van der Waals surface area contributed by atoms with Crippen molar-refractivity contribution in [3.8, 4) is 0 Å². The molecule has 0 unspecified atom stereocenters. The highest BCUT2D eigenvalue weighted by Crippen LogP contribution is 2.56. The van der Waals surface area contributed by atoms with Crippen molar-refractivity contribution in [2.24, 2.45) is 5.92 Å². The standard InChI is InChI=1S/C14H22BF3O3/c1-11(2)12(3,4)21-15(20-11)13(5,14(16,17)18)8-10(19)9-6-7-9/h9H,6-8H2,1-5H3/t13-/m0/s1. The van der Waals surface area contributed by atoms with Crippen LogP contribution in [0.1, 0.15) is 53.9 Å². The van der Waals surface area contributed by atoms with E-state index in [1.54, 1.807) is 27.7 Å². The Morgan fingerprint density at radius 2 is 1.57 bits per heavy atom. The molecule has 1 heterocycles. The highest BCUT2D eigenvalue weighted by Gasteiger charge is 2.68. The van der Waals surface area contributed by atoms with Crippen LogP contribution in [0, 0.1) is 5.92 Å². The van der Waals surface area contributed by atoms with Crippen LogP contribution in [-0.2, 0) is 14.1 Å². The number of carbonyl (C=O) groups is 1. The van der Waals surface area contributed by atoms with Crippen LogP contribution in [0.5, 0.6) is 0 Å². The lowest BCUT2D eigenvalue weighted by Gasteiger charge is -2.33. The second-order valence-electron chi connectivity index (χ2n) is 7.42. The Hall–Kier alpha value is -0.555. The lowest BCUT2D eigenvalue weighted by atomic mass is 9.55. The number of ketones is 1. The van der Waals surface area contributed by atoms with Gasteiger partial charge in [0.2, 0.25) is 0 Å². The molecule has 1 aliphatic heterocycles. The summed E-state index contributed by atoms with van der Waals surface area (Å²) in [4.78, 5) is 11.9. The van der Waals surface area contributed by atoms with E-state index in [0.29, 0.717) is 12.8 Å². The topological polar surface area (TPSA) is 35.5 Å². The first kappa shape index (κ1) is 16.8. The molecule has 0 aromatic rings. The van der Waals surface area contributed by atoms with Gasteiger partial charge in [-0.15, -0.1) is 0 Å². The molecule has 0 spiro atoms. The molecule has 21 heavy (non-hydrogen) atoms. The number of Topliss-reactive ketones (excluding diaryl/α,β-unsaturated/α-hetero) is 1. The Balaban J connectivity index is 2.27. The third-order valence-electron chi connectivity index (χ3n) is 5.00. The Morgan fingerprint density at radius 1 is 1.14 bits per heavy atom. The zero-order valence-electron chi connectivity index (χ0n) is 13.1. The highest BCUT2D eigenvalue weighted by molar-refractivity contribution is 6.50. The van der Waals surface area contributed by atoms with Gasteiger partial charge in [0.1, 0.15) is 11.1 Å². The van der Waals surface area contributed by atoms with Gasteiger partial charge in [-0.3, -0.25) is 4.79 Å². The van der Waals surface area contributed by atoms with Crippen LogP contribution in [0.15, 0.2) is 0 Å². The lowest BCUT2D eigenvalue weighted by Crippen LogP contribution is -2.46. The van der Waals surface area contributed by atoms with E-state index in [1.165, 1.54) is 0 Å². The maximum Gasteiger partial charge on any atom is 0.474 e. The van der Waals surface area contributed by atoms with Gasteiger partial charge in [0.15, 0.2) is 0 Å². The average Bonchev–Trinajstić information content (AvgIpc) is 3.05. The fourth-order valence-electron chi connectivity index (χ4n) is 2.33. The van der Waals surface area contributed by atoms with Crippen LogP contribution < -0.4 is 0 Å². The lowest BCUT2D eigenvalue weighted by molar-refractivity contribution is -0.174. The monoisotopic (exact) mass is 306 g/mol. The second kappa shape index (κ2) is 4.72. The number of carbonyl (C=O) groups excluding carboxylic acids is 1. The molecule has 0 aromatic carbocycles. The van der Waals surface area contributed by atoms with Crippen LogP contribution in [0.3, 0.4) is 0 Å². The van der Waals surface area contributed by atoms with E-state index < -0.39 is 36.2 Å². The summed E-state index contributed by atoms with van der Waals surface area (Å²) in [5.74, 6) is -0.557. The van der Waals surface area contributed by atoms with E-state index in [4.69, 9.17) is 9.31 Å². The molecule has 2 fully saturated rings. The summed E-state index contributed by atoms with van der Waals surface area (Å²) in [5.41, 5.74) is -1.71. The van der Waals surface area contributed by atoms with E-state index in [2.05, 4.69) is 0 Å². The summed E-state index contributed by atoms with van der Waals surface area (Å²) < 4.78 is 51.9. The van der Waals surface area contributed by atoms with E-state index >= 15 is 0 Å². The molecule has 7 heteroatoms. The van der Waals surface area contributed by atoms with Gasteiger partial charge in [-0.25, -0.2) is 0 Å². The van der Waals surface area contributed by atoms with Crippen molar-refractivity contribution in [2.75, 3.05) is 0 Å². The minimum Gasteiger partial charge on any atom is -0.403 e. The Bertz CT molecular complexity index is 427. The highest BCUT2D eigenvalue weighted by atomic mass is 19.4. The quantitative estimate of drug-likeness (QED) is 0.742. The molecule has 0 N–H and O–H groups in total. The summed E-state index contributed by atoms with van der Waals surface area (Å²) in [7, 11) is -1.47. The zero-order chi connectivity index (χ0) is 16.3. The fourth-order valence-corrected chi connectivity index (χ4v) is 2.33. The minimum absolute atomic E-state index is 0.214. The van der Waals surface area contributed by atoms with Gasteiger partial charge in [-0.1, -0.05) is 6.92 Å². The number of alkyl halides is 3. The van der Waals surface area contributed by atoms with Gasteiger partial charge in [0.05, 0.1) is 11.2 Å². The van der Waals surface area contributed by atoms with E-state index in [1.807, 2.05) is 0 Å². The van der Waals surface area contributed by atoms with E-state index in [9.17, 15) is 18.0 Å². The number of hydrogen-bond donors (Lipinski definition) is 0. The maximum atomic E-state index is 13.6. The molecule has 1 saturated heterocycles. The summed E-state index contributed by atoms with van der Waals surface area (Å²) in [5, 5.41) is -2.32. The molecule has 3 nitrogen and oxygen atoms in total. The largest absolute Gasteiger partial charge is 0.474 e. The minimum atomic E-state index is -4.57. The smallest absolute Gasteiger partial charge is 0.403 e. The van der Waals surface area contributed by atoms with Crippen molar-refractivity contribution >= 4 is 12.9 Å². The molecule has 0 bridgehead atoms. The van der Waals surface area contributed by atoms with Crippen LogP contribution in [0.25, 0.3) is 0 Å². The third-order valence-corrected chi connectivity index (χ3v) is 5.00. The molecule has 0 aromatic heterocycles. The molecule has 2 aliphatic rings. The Kier molecular flexibility index (Phi) is 3.78. The number of hydrogen-bond acceptors (Lipinski definition) is 3.